The molecular weight excluding hydrogens is 414 g/mol. The molecule has 7 nitrogen and oxygen atoms in total. The Kier molecular flexibility index (Phi) is 5.09. The summed E-state index contributed by atoms with van der Waals surface area (Å²) in [5.74, 6) is 2.12. The Bertz CT molecular complexity index is 1260. The van der Waals surface area contributed by atoms with Gasteiger partial charge < -0.3 is 19.3 Å². The molecule has 2 aromatic carbocycles. The van der Waals surface area contributed by atoms with E-state index in [2.05, 4.69) is 56.4 Å². The van der Waals surface area contributed by atoms with Crippen molar-refractivity contribution in [1.82, 2.24) is 20.0 Å². The number of anilines is 1. The Labute approximate surface area is 192 Å². The van der Waals surface area contributed by atoms with Crippen LogP contribution in [0.5, 0.6) is 0 Å². The van der Waals surface area contributed by atoms with E-state index in [0.29, 0.717) is 18.2 Å². The van der Waals surface area contributed by atoms with Gasteiger partial charge in [0, 0.05) is 66.9 Å². The van der Waals surface area contributed by atoms with Gasteiger partial charge >= 0.3 is 0 Å². The maximum Gasteiger partial charge on any atom is 0.230 e. The number of H-pyrrole nitrogens is 1. The van der Waals surface area contributed by atoms with Crippen molar-refractivity contribution in [3.8, 4) is 11.4 Å². The zero-order chi connectivity index (χ0) is 22.2. The fourth-order valence-electron chi connectivity index (χ4n) is 4.62. The quantitative estimate of drug-likeness (QED) is 0.481. The number of hydrogen-bond donors (Lipinski definition) is 1. The van der Waals surface area contributed by atoms with E-state index in [1.165, 1.54) is 10.9 Å². The molecule has 33 heavy (non-hydrogen) atoms. The number of nitrogens with zero attached hydrogens (tertiary/aromatic N) is 4. The Hall–Kier alpha value is -3.61. The molecule has 1 aliphatic heterocycles. The minimum atomic E-state index is 0.235. The highest BCUT2D eigenvalue weighted by Crippen LogP contribution is 2.39. The number of piperazine rings is 1. The first-order valence-corrected chi connectivity index (χ1v) is 11.8. The summed E-state index contributed by atoms with van der Waals surface area (Å²) in [6, 6.07) is 16.6. The fourth-order valence-corrected chi connectivity index (χ4v) is 4.62. The first-order valence-electron chi connectivity index (χ1n) is 11.8. The van der Waals surface area contributed by atoms with Gasteiger partial charge in [0.1, 0.15) is 0 Å². The number of para-hydroxylation sites is 1. The van der Waals surface area contributed by atoms with Crippen LogP contribution in [0.2, 0.25) is 0 Å². The molecule has 1 saturated carbocycles. The van der Waals surface area contributed by atoms with Crippen LogP contribution in [0.25, 0.3) is 22.3 Å². The summed E-state index contributed by atoms with van der Waals surface area (Å²) in [7, 11) is 0. The van der Waals surface area contributed by atoms with Gasteiger partial charge in [-0.25, -0.2) is 0 Å². The van der Waals surface area contributed by atoms with Crippen molar-refractivity contribution in [3.63, 3.8) is 0 Å². The van der Waals surface area contributed by atoms with Crippen LogP contribution >= 0.6 is 0 Å². The molecule has 0 radical (unpaired) electrons. The van der Waals surface area contributed by atoms with Crippen LogP contribution in [0.3, 0.4) is 0 Å². The Morgan fingerprint density at radius 1 is 1.03 bits per heavy atom. The summed E-state index contributed by atoms with van der Waals surface area (Å²) < 4.78 is 5.38. The zero-order valence-electron chi connectivity index (χ0n) is 18.5. The number of aryl methyl sites for hydroxylation is 1. The van der Waals surface area contributed by atoms with Crippen LogP contribution in [0.1, 0.15) is 36.6 Å². The molecule has 1 N–H and O–H groups in total. The predicted octanol–water partition coefficient (Wildman–Crippen LogP) is 4.38. The van der Waals surface area contributed by atoms with Crippen LogP contribution in [-0.4, -0.2) is 52.1 Å². The standard InChI is InChI=1S/C26H27N5O2/c32-24(12-9-20-17-27-23-4-2-1-3-22(20)23)31-15-13-30(14-16-31)21-10-7-18(8-11-21)25-28-26(33-29-25)19-5-6-19/h1-4,7-8,10-11,17,19,27H,5-6,9,12-16H2. The third-order valence-electron chi connectivity index (χ3n) is 6.77. The largest absolute Gasteiger partial charge is 0.368 e. The lowest BCUT2D eigenvalue weighted by molar-refractivity contribution is -0.131. The molecule has 2 fully saturated rings. The molecule has 0 atom stereocenters. The number of amides is 1. The van der Waals surface area contributed by atoms with Gasteiger partial charge in [-0.3, -0.25) is 4.79 Å². The summed E-state index contributed by atoms with van der Waals surface area (Å²) in [5.41, 5.74) is 4.47. The van der Waals surface area contributed by atoms with Gasteiger partial charge in [-0.15, -0.1) is 0 Å². The second kappa shape index (κ2) is 8.39. The summed E-state index contributed by atoms with van der Waals surface area (Å²) in [5, 5.41) is 5.34. The summed E-state index contributed by atoms with van der Waals surface area (Å²) in [6.45, 7) is 3.19. The molecule has 3 heterocycles. The number of carbonyl (C=O) groups is 1. The van der Waals surface area contributed by atoms with E-state index in [4.69, 9.17) is 4.52 Å². The number of aromatic amines is 1. The highest BCUT2D eigenvalue weighted by atomic mass is 16.5. The molecular formula is C26H27N5O2. The highest BCUT2D eigenvalue weighted by Gasteiger charge is 2.29. The molecule has 0 unspecified atom stereocenters. The van der Waals surface area contributed by atoms with Crippen LogP contribution in [0.4, 0.5) is 5.69 Å². The van der Waals surface area contributed by atoms with Crippen molar-refractivity contribution in [2.24, 2.45) is 0 Å². The Morgan fingerprint density at radius 2 is 1.82 bits per heavy atom. The van der Waals surface area contributed by atoms with Gasteiger partial charge in [-0.2, -0.15) is 4.98 Å². The SMILES string of the molecule is O=C(CCc1c[nH]c2ccccc12)N1CCN(c2ccc(-c3noc(C4CC4)n3)cc2)CC1. The number of nitrogens with one attached hydrogen (secondary N) is 1. The average Bonchev–Trinajstić information content (AvgIpc) is 3.45. The molecule has 0 bridgehead atoms. The third kappa shape index (κ3) is 4.11. The Balaban J connectivity index is 1.03. The first-order chi connectivity index (χ1) is 16.2. The van der Waals surface area contributed by atoms with Gasteiger partial charge in [0.15, 0.2) is 0 Å². The first kappa shape index (κ1) is 20.0. The van der Waals surface area contributed by atoms with Crippen LogP contribution in [0, 0.1) is 0 Å². The van der Waals surface area contributed by atoms with E-state index in [0.717, 1.165) is 68.1 Å². The molecule has 4 aromatic rings. The van der Waals surface area contributed by atoms with Crippen molar-refractivity contribution in [1.29, 1.82) is 0 Å². The van der Waals surface area contributed by atoms with Crippen molar-refractivity contribution in [2.75, 3.05) is 31.1 Å². The topological polar surface area (TPSA) is 78.3 Å². The van der Waals surface area contributed by atoms with Crippen molar-refractivity contribution in [2.45, 2.75) is 31.6 Å². The molecule has 168 valence electrons. The molecule has 6 rings (SSSR count). The van der Waals surface area contributed by atoms with E-state index in [9.17, 15) is 4.79 Å². The normalized spacial score (nSPS) is 16.5. The lowest BCUT2D eigenvalue weighted by Gasteiger charge is -2.36. The van der Waals surface area contributed by atoms with Gasteiger partial charge in [-0.1, -0.05) is 23.4 Å². The number of benzene rings is 2. The lowest BCUT2D eigenvalue weighted by atomic mass is 10.1. The molecule has 1 aliphatic carbocycles. The number of hydrogen-bond acceptors (Lipinski definition) is 5. The van der Waals surface area contributed by atoms with E-state index in [-0.39, 0.29) is 5.91 Å². The zero-order valence-corrected chi connectivity index (χ0v) is 18.5. The average molecular weight is 442 g/mol. The second-order valence-corrected chi connectivity index (χ2v) is 9.00. The van der Waals surface area contributed by atoms with Crippen LogP contribution in [-0.2, 0) is 11.2 Å². The minimum Gasteiger partial charge on any atom is -0.368 e. The van der Waals surface area contributed by atoms with Crippen molar-refractivity contribution < 1.29 is 9.32 Å². The summed E-state index contributed by atoms with van der Waals surface area (Å²) >= 11 is 0. The molecule has 1 saturated heterocycles. The number of fused-ring (bicyclic) bond motifs is 1. The number of rotatable bonds is 6. The third-order valence-corrected chi connectivity index (χ3v) is 6.77. The van der Waals surface area contributed by atoms with Gasteiger partial charge in [0.25, 0.3) is 0 Å². The van der Waals surface area contributed by atoms with Gasteiger partial charge in [0.2, 0.25) is 17.6 Å². The maximum absolute atomic E-state index is 12.8. The number of aromatic nitrogens is 3. The predicted molar refractivity (Wildman–Crippen MR) is 127 cm³/mol. The molecule has 0 spiro atoms. The summed E-state index contributed by atoms with van der Waals surface area (Å²) in [6.07, 6.45) is 5.64. The molecule has 2 aromatic heterocycles. The van der Waals surface area contributed by atoms with Crippen LogP contribution < -0.4 is 4.90 Å². The molecule has 2 aliphatic rings. The van der Waals surface area contributed by atoms with Gasteiger partial charge in [-0.05, 0) is 55.2 Å². The fraction of sp³-hybridized carbons (Fsp3) is 0.346. The smallest absolute Gasteiger partial charge is 0.230 e. The van der Waals surface area contributed by atoms with Crippen molar-refractivity contribution >= 4 is 22.5 Å². The monoisotopic (exact) mass is 441 g/mol. The highest BCUT2D eigenvalue weighted by molar-refractivity contribution is 5.84. The van der Waals surface area contributed by atoms with Crippen LogP contribution in [0.15, 0.2) is 59.3 Å². The van der Waals surface area contributed by atoms with Gasteiger partial charge in [0.05, 0.1) is 0 Å². The van der Waals surface area contributed by atoms with E-state index in [1.54, 1.807) is 0 Å². The lowest BCUT2D eigenvalue weighted by Crippen LogP contribution is -2.48. The molecule has 1 amide bonds. The minimum absolute atomic E-state index is 0.235. The van der Waals surface area contributed by atoms with E-state index >= 15 is 0 Å². The second-order valence-electron chi connectivity index (χ2n) is 9.00. The maximum atomic E-state index is 12.8. The van der Waals surface area contributed by atoms with Crippen molar-refractivity contribution in [3.05, 3.63) is 66.2 Å². The number of carbonyl (C=O) groups excluding carboxylic acids is 1. The Morgan fingerprint density at radius 3 is 2.61 bits per heavy atom. The van der Waals surface area contributed by atoms with E-state index in [1.807, 2.05) is 23.2 Å². The van der Waals surface area contributed by atoms with E-state index < -0.39 is 0 Å². The molecule has 7 heteroatoms. The summed E-state index contributed by atoms with van der Waals surface area (Å²) in [4.78, 5) is 25.0.